The van der Waals surface area contributed by atoms with Gasteiger partial charge in [-0.2, -0.15) is 0 Å². The minimum Gasteiger partial charge on any atom is -0.479 e. The molecule has 5 heteroatoms. The molecule has 1 saturated heterocycles. The number of rotatable bonds is 5. The van der Waals surface area contributed by atoms with E-state index in [9.17, 15) is 4.79 Å². The van der Waals surface area contributed by atoms with Crippen LogP contribution in [0.5, 0.6) is 5.75 Å². The average Bonchev–Trinajstić information content (AvgIpc) is 2.55. The minimum absolute atomic E-state index is 0.0656. The van der Waals surface area contributed by atoms with Crippen LogP contribution >= 0.6 is 11.6 Å². The van der Waals surface area contributed by atoms with Crippen molar-refractivity contribution in [1.29, 1.82) is 0 Å². The number of piperazine rings is 1. The lowest BCUT2D eigenvalue weighted by Crippen LogP contribution is -2.52. The number of hydrogen-bond acceptors (Lipinski definition) is 3. The molecular weight excluding hydrogens is 300 g/mol. The van der Waals surface area contributed by atoms with Crippen molar-refractivity contribution in [3.8, 4) is 5.75 Å². The molecule has 0 saturated carbocycles. The number of carbonyl (C=O) groups excluding carboxylic acids is 1. The quantitative estimate of drug-likeness (QED) is 0.834. The first-order valence-corrected chi connectivity index (χ1v) is 8.36. The molecule has 1 aliphatic heterocycles. The van der Waals surface area contributed by atoms with Gasteiger partial charge in [-0.15, -0.1) is 0 Å². The van der Waals surface area contributed by atoms with Crippen molar-refractivity contribution in [2.24, 2.45) is 0 Å². The summed E-state index contributed by atoms with van der Waals surface area (Å²) in [5, 5.41) is 0.549. The Bertz CT molecular complexity index is 513. The zero-order valence-electron chi connectivity index (χ0n) is 13.6. The van der Waals surface area contributed by atoms with Crippen molar-refractivity contribution in [3.05, 3.63) is 28.8 Å². The van der Waals surface area contributed by atoms with Crippen molar-refractivity contribution >= 4 is 17.5 Å². The molecule has 0 unspecified atom stereocenters. The molecule has 0 radical (unpaired) electrons. The number of carbonyl (C=O) groups is 1. The van der Waals surface area contributed by atoms with Gasteiger partial charge in [0.15, 0.2) is 6.10 Å². The van der Waals surface area contributed by atoms with Gasteiger partial charge in [-0.05, 0) is 37.6 Å². The summed E-state index contributed by atoms with van der Waals surface area (Å²) < 4.78 is 5.91. The molecule has 0 aromatic heterocycles. The fourth-order valence-corrected chi connectivity index (χ4v) is 2.81. The van der Waals surface area contributed by atoms with Gasteiger partial charge in [0.1, 0.15) is 5.75 Å². The summed E-state index contributed by atoms with van der Waals surface area (Å²) in [6.07, 6.45) is 0.171. The highest BCUT2D eigenvalue weighted by atomic mass is 35.5. The van der Waals surface area contributed by atoms with Crippen LogP contribution < -0.4 is 4.74 Å². The summed E-state index contributed by atoms with van der Waals surface area (Å²) in [6.45, 7) is 10.5. The average molecular weight is 325 g/mol. The fraction of sp³-hybridized carbons (Fsp3) is 0.588. The predicted molar refractivity (Wildman–Crippen MR) is 89.6 cm³/mol. The maximum Gasteiger partial charge on any atom is 0.263 e. The van der Waals surface area contributed by atoms with E-state index in [1.165, 1.54) is 0 Å². The summed E-state index contributed by atoms with van der Waals surface area (Å²) in [4.78, 5) is 16.9. The van der Waals surface area contributed by atoms with Crippen LogP contribution in [0.15, 0.2) is 18.2 Å². The van der Waals surface area contributed by atoms with Gasteiger partial charge in [-0.25, -0.2) is 0 Å². The monoisotopic (exact) mass is 324 g/mol. The van der Waals surface area contributed by atoms with E-state index in [-0.39, 0.29) is 5.91 Å². The summed E-state index contributed by atoms with van der Waals surface area (Å²) in [7, 11) is 0. The Hall–Kier alpha value is -1.26. The fourth-order valence-electron chi connectivity index (χ4n) is 2.65. The second kappa shape index (κ2) is 7.84. The highest BCUT2D eigenvalue weighted by Crippen LogP contribution is 2.27. The SMILES string of the molecule is CC[C@H](Oc1cc(C)ccc1Cl)C(=O)N1CCN(CC)CC1. The molecule has 1 atom stereocenters. The number of nitrogens with zero attached hydrogens (tertiary/aromatic N) is 2. The first kappa shape index (κ1) is 17.1. The Morgan fingerprint density at radius 1 is 1.27 bits per heavy atom. The van der Waals surface area contributed by atoms with Gasteiger partial charge in [-0.1, -0.05) is 31.5 Å². The Kier molecular flexibility index (Phi) is 6.09. The molecule has 4 nitrogen and oxygen atoms in total. The highest BCUT2D eigenvalue weighted by molar-refractivity contribution is 6.32. The molecule has 1 amide bonds. The number of halogens is 1. The van der Waals surface area contributed by atoms with Crippen molar-refractivity contribution in [2.45, 2.75) is 33.3 Å². The topological polar surface area (TPSA) is 32.8 Å². The third kappa shape index (κ3) is 4.14. The van der Waals surface area contributed by atoms with E-state index in [1.807, 2.05) is 36.9 Å². The maximum absolute atomic E-state index is 12.7. The number of benzene rings is 1. The number of likely N-dealkylation sites (N-methyl/N-ethyl adjacent to an activating group) is 1. The van der Waals surface area contributed by atoms with Crippen molar-refractivity contribution < 1.29 is 9.53 Å². The van der Waals surface area contributed by atoms with Crippen molar-refractivity contribution in [2.75, 3.05) is 32.7 Å². The van der Waals surface area contributed by atoms with E-state index in [0.29, 0.717) is 17.2 Å². The Morgan fingerprint density at radius 3 is 2.55 bits per heavy atom. The Morgan fingerprint density at radius 2 is 1.95 bits per heavy atom. The van der Waals surface area contributed by atoms with E-state index < -0.39 is 6.10 Å². The highest BCUT2D eigenvalue weighted by Gasteiger charge is 2.27. The van der Waals surface area contributed by atoms with E-state index >= 15 is 0 Å². The zero-order valence-corrected chi connectivity index (χ0v) is 14.4. The molecule has 122 valence electrons. The predicted octanol–water partition coefficient (Wildman–Crippen LogP) is 2.97. The summed E-state index contributed by atoms with van der Waals surface area (Å²) in [6, 6.07) is 5.62. The summed E-state index contributed by atoms with van der Waals surface area (Å²) in [5.41, 5.74) is 1.07. The van der Waals surface area contributed by atoms with E-state index in [4.69, 9.17) is 16.3 Å². The van der Waals surface area contributed by atoms with Crippen LogP contribution in [-0.2, 0) is 4.79 Å². The van der Waals surface area contributed by atoms with Crippen molar-refractivity contribution in [1.82, 2.24) is 9.80 Å². The van der Waals surface area contributed by atoms with Crippen LogP contribution in [0, 0.1) is 6.92 Å². The van der Waals surface area contributed by atoms with Crippen LogP contribution in [0.4, 0.5) is 0 Å². The van der Waals surface area contributed by atoms with Gasteiger partial charge >= 0.3 is 0 Å². The molecule has 0 N–H and O–H groups in total. The lowest BCUT2D eigenvalue weighted by atomic mass is 10.2. The van der Waals surface area contributed by atoms with Crippen molar-refractivity contribution in [3.63, 3.8) is 0 Å². The number of aryl methyl sites for hydroxylation is 1. The van der Waals surface area contributed by atoms with E-state index in [0.717, 1.165) is 38.3 Å². The van der Waals surface area contributed by atoms with Gasteiger partial charge in [0.25, 0.3) is 5.91 Å². The molecule has 2 rings (SSSR count). The van der Waals surface area contributed by atoms with Crippen LogP contribution in [0.2, 0.25) is 5.02 Å². The van der Waals surface area contributed by atoms with Crippen LogP contribution in [-0.4, -0.2) is 54.5 Å². The maximum atomic E-state index is 12.7. The second-order valence-electron chi connectivity index (χ2n) is 5.71. The van der Waals surface area contributed by atoms with Crippen LogP contribution in [0.1, 0.15) is 25.8 Å². The molecular formula is C17H25ClN2O2. The number of ether oxygens (including phenoxy) is 1. The molecule has 1 fully saturated rings. The molecule has 1 aliphatic rings. The molecule has 0 aliphatic carbocycles. The van der Waals surface area contributed by atoms with Crippen LogP contribution in [0.3, 0.4) is 0 Å². The second-order valence-corrected chi connectivity index (χ2v) is 6.12. The van der Waals surface area contributed by atoms with Crippen LogP contribution in [0.25, 0.3) is 0 Å². The molecule has 22 heavy (non-hydrogen) atoms. The third-order valence-corrected chi connectivity index (χ3v) is 4.45. The smallest absolute Gasteiger partial charge is 0.263 e. The van der Waals surface area contributed by atoms with E-state index in [1.54, 1.807) is 0 Å². The largest absolute Gasteiger partial charge is 0.479 e. The molecule has 1 heterocycles. The summed E-state index contributed by atoms with van der Waals surface area (Å²) >= 11 is 6.17. The normalized spacial score (nSPS) is 17.4. The molecule has 1 aromatic rings. The van der Waals surface area contributed by atoms with Gasteiger partial charge in [0.2, 0.25) is 0 Å². The number of hydrogen-bond donors (Lipinski definition) is 0. The van der Waals surface area contributed by atoms with Gasteiger partial charge in [0.05, 0.1) is 5.02 Å². The van der Waals surface area contributed by atoms with Gasteiger partial charge < -0.3 is 14.5 Å². The lowest BCUT2D eigenvalue weighted by Gasteiger charge is -2.35. The Labute approximate surface area is 138 Å². The van der Waals surface area contributed by atoms with Gasteiger partial charge in [-0.3, -0.25) is 4.79 Å². The number of amides is 1. The molecule has 1 aromatic carbocycles. The van der Waals surface area contributed by atoms with Gasteiger partial charge in [0, 0.05) is 26.2 Å². The third-order valence-electron chi connectivity index (χ3n) is 4.13. The lowest BCUT2D eigenvalue weighted by molar-refractivity contribution is -0.140. The first-order chi connectivity index (χ1) is 10.5. The molecule has 0 spiro atoms. The standard InChI is InChI=1S/C17H25ClN2O2/c1-4-15(22-16-12-13(3)6-7-14(16)18)17(21)20-10-8-19(5-2)9-11-20/h6-7,12,15H,4-5,8-11H2,1-3H3/t15-/m0/s1. The minimum atomic E-state index is -0.465. The Balaban J connectivity index is 2.02. The molecule has 0 bridgehead atoms. The summed E-state index contributed by atoms with van der Waals surface area (Å²) in [5.74, 6) is 0.657. The zero-order chi connectivity index (χ0) is 16.1. The van der Waals surface area contributed by atoms with E-state index in [2.05, 4.69) is 11.8 Å². The first-order valence-electron chi connectivity index (χ1n) is 7.99.